The lowest BCUT2D eigenvalue weighted by Gasteiger charge is -2.27. The highest BCUT2D eigenvalue weighted by atomic mass is 32.1. The first kappa shape index (κ1) is 40.2. The summed E-state index contributed by atoms with van der Waals surface area (Å²) in [5.41, 5.74) is 15.3. The maximum absolute atomic E-state index is 7.03. The van der Waals surface area contributed by atoms with Crippen LogP contribution in [0.5, 0.6) is 0 Å². The molecule has 0 spiro atoms. The van der Waals surface area contributed by atoms with Gasteiger partial charge in [-0.15, -0.1) is 22.7 Å². The SMILES string of the molecule is c1cc(-c2ccc(N(c3ccc(-c4cccc5c4sc4ccccc45)cc3)c3ccc(-c4cccc5sc6ccccc6c45)cc3)c3c2oc2ccccc23)cc(-n2c3ccccc3c3ccccc32)c1. The summed E-state index contributed by atoms with van der Waals surface area (Å²) in [4.78, 5) is 2.41. The van der Waals surface area contributed by atoms with E-state index < -0.39 is 0 Å². The second-order valence-corrected chi connectivity index (χ2v) is 20.5. The smallest absolute Gasteiger partial charge is 0.145 e. The largest absolute Gasteiger partial charge is 0.455 e. The van der Waals surface area contributed by atoms with Gasteiger partial charge in [0.05, 0.1) is 22.1 Å². The van der Waals surface area contributed by atoms with Crippen LogP contribution in [0, 0.1) is 0 Å². The van der Waals surface area contributed by atoms with E-state index in [2.05, 4.69) is 252 Å². The lowest BCUT2D eigenvalue weighted by molar-refractivity contribution is 0.670. The number of furan rings is 1. The predicted octanol–water partition coefficient (Wildman–Crippen LogP) is 19.9. The molecule has 15 rings (SSSR count). The lowest BCUT2D eigenvalue weighted by atomic mass is 9.98. The molecule has 4 heterocycles. The molecule has 4 aromatic heterocycles. The van der Waals surface area contributed by atoms with Crippen molar-refractivity contribution in [1.29, 1.82) is 0 Å². The van der Waals surface area contributed by atoms with Crippen LogP contribution < -0.4 is 4.90 Å². The molecule has 0 saturated heterocycles. The topological polar surface area (TPSA) is 21.3 Å². The van der Waals surface area contributed by atoms with Crippen LogP contribution in [0.3, 0.4) is 0 Å². The maximum atomic E-state index is 7.03. The molecule has 0 aliphatic heterocycles. The van der Waals surface area contributed by atoms with E-state index in [9.17, 15) is 0 Å². The van der Waals surface area contributed by atoms with E-state index >= 15 is 0 Å². The van der Waals surface area contributed by atoms with E-state index in [0.29, 0.717) is 0 Å². The molecule has 71 heavy (non-hydrogen) atoms. The van der Waals surface area contributed by atoms with Crippen LogP contribution in [0.25, 0.3) is 123 Å². The van der Waals surface area contributed by atoms with Gasteiger partial charge in [-0.3, -0.25) is 0 Å². The fraction of sp³-hybridized carbons (Fsp3) is 0. The standard InChI is InChI=1S/C66H40N2OS2/c1-6-24-56-50(16-1)51-17-2-7-25-57(51)68(56)46-15-11-14-43(40-46)48-38-39-58(64-54-19-3-8-26-59(54)69-65(48)64)67(44-34-30-41(31-35-44)47-21-13-29-62-63(47)55-20-5-10-28-61(55)70-62)45-36-32-42(33-37-45)49-22-12-23-53-52-18-4-9-27-60(52)71-66(49)53/h1-40H. The number of anilines is 3. The van der Waals surface area contributed by atoms with Gasteiger partial charge < -0.3 is 13.9 Å². The first-order chi connectivity index (χ1) is 35.2. The first-order valence-corrected chi connectivity index (χ1v) is 25.7. The van der Waals surface area contributed by atoms with E-state index in [4.69, 9.17) is 4.42 Å². The van der Waals surface area contributed by atoms with E-state index in [-0.39, 0.29) is 0 Å². The second kappa shape index (κ2) is 15.9. The molecule has 0 unspecified atom stereocenters. The van der Waals surface area contributed by atoms with Gasteiger partial charge in [0.2, 0.25) is 0 Å². The van der Waals surface area contributed by atoms with Crippen molar-refractivity contribution in [3.63, 3.8) is 0 Å². The fourth-order valence-corrected chi connectivity index (χ4v) is 13.6. The molecule has 0 amide bonds. The minimum atomic E-state index is 0.855. The van der Waals surface area contributed by atoms with Gasteiger partial charge in [-0.25, -0.2) is 0 Å². The molecule has 11 aromatic carbocycles. The summed E-state index contributed by atoms with van der Waals surface area (Å²) in [6.07, 6.45) is 0. The molecule has 0 aliphatic carbocycles. The maximum Gasteiger partial charge on any atom is 0.145 e. The van der Waals surface area contributed by atoms with Crippen molar-refractivity contribution in [3.05, 3.63) is 243 Å². The number of hydrogen-bond donors (Lipinski definition) is 0. The number of rotatable bonds is 7. The van der Waals surface area contributed by atoms with Gasteiger partial charge >= 0.3 is 0 Å². The average molecular weight is 941 g/mol. The number of aromatic nitrogens is 1. The van der Waals surface area contributed by atoms with Crippen LogP contribution in [0.4, 0.5) is 17.1 Å². The number of hydrogen-bond acceptors (Lipinski definition) is 4. The minimum absolute atomic E-state index is 0.855. The van der Waals surface area contributed by atoms with Gasteiger partial charge in [0.25, 0.3) is 0 Å². The zero-order valence-corrected chi connectivity index (χ0v) is 39.8. The van der Waals surface area contributed by atoms with Crippen LogP contribution in [0.1, 0.15) is 0 Å². The molecule has 0 saturated carbocycles. The summed E-state index contributed by atoms with van der Waals surface area (Å²) in [7, 11) is 0. The number of thiophene rings is 2. The lowest BCUT2D eigenvalue weighted by Crippen LogP contribution is -2.10. The van der Waals surface area contributed by atoms with Gasteiger partial charge in [-0.1, -0.05) is 158 Å². The third kappa shape index (κ3) is 6.27. The molecule has 0 fully saturated rings. The van der Waals surface area contributed by atoms with Gasteiger partial charge in [0.15, 0.2) is 0 Å². The molecule has 0 bridgehead atoms. The van der Waals surface area contributed by atoms with Crippen molar-refractivity contribution in [3.8, 4) is 39.1 Å². The Kier molecular flexibility index (Phi) is 9.00. The highest BCUT2D eigenvalue weighted by molar-refractivity contribution is 7.26. The van der Waals surface area contributed by atoms with E-state index in [1.165, 1.54) is 84.4 Å². The molecule has 15 aromatic rings. The highest BCUT2D eigenvalue weighted by Gasteiger charge is 2.24. The Morgan fingerprint density at radius 2 is 0.915 bits per heavy atom. The van der Waals surface area contributed by atoms with Gasteiger partial charge in [0, 0.05) is 79.1 Å². The number of benzene rings is 11. The van der Waals surface area contributed by atoms with Crippen molar-refractivity contribution in [2.45, 2.75) is 0 Å². The molecule has 0 aliphatic rings. The average Bonchev–Trinajstić information content (AvgIpc) is 4.21. The number of para-hydroxylation sites is 3. The Morgan fingerprint density at radius 1 is 0.352 bits per heavy atom. The Labute approximate surface area is 416 Å². The molecule has 5 heteroatoms. The highest BCUT2D eigenvalue weighted by Crippen LogP contribution is 2.48. The number of fused-ring (bicyclic) bond motifs is 12. The zero-order valence-electron chi connectivity index (χ0n) is 38.2. The Hall–Kier alpha value is -8.74. The van der Waals surface area contributed by atoms with Crippen LogP contribution in [0.2, 0.25) is 0 Å². The predicted molar refractivity (Wildman–Crippen MR) is 305 cm³/mol. The van der Waals surface area contributed by atoms with Gasteiger partial charge in [-0.2, -0.15) is 0 Å². The van der Waals surface area contributed by atoms with Crippen LogP contribution in [-0.2, 0) is 0 Å². The zero-order chi connectivity index (χ0) is 46.6. The van der Waals surface area contributed by atoms with Crippen molar-refractivity contribution in [2.24, 2.45) is 0 Å². The van der Waals surface area contributed by atoms with Crippen molar-refractivity contribution >= 4 is 124 Å². The Bertz CT molecular complexity index is 4540. The van der Waals surface area contributed by atoms with Crippen LogP contribution in [0.15, 0.2) is 247 Å². The monoisotopic (exact) mass is 940 g/mol. The summed E-state index contributed by atoms with van der Waals surface area (Å²) in [5, 5.41) is 9.85. The summed E-state index contributed by atoms with van der Waals surface area (Å²) < 4.78 is 14.6. The molecule has 0 radical (unpaired) electrons. The van der Waals surface area contributed by atoms with Crippen LogP contribution in [-0.4, -0.2) is 4.57 Å². The Balaban J connectivity index is 0.915. The summed E-state index contributed by atoms with van der Waals surface area (Å²) >= 11 is 3.73. The molecule has 332 valence electrons. The Morgan fingerprint density at radius 3 is 1.66 bits per heavy atom. The van der Waals surface area contributed by atoms with E-state index in [1.54, 1.807) is 0 Å². The summed E-state index contributed by atoms with van der Waals surface area (Å²) in [6, 6.07) is 88.5. The van der Waals surface area contributed by atoms with Crippen LogP contribution >= 0.6 is 22.7 Å². The normalized spacial score (nSPS) is 11.9. The number of nitrogens with zero attached hydrogens (tertiary/aromatic N) is 2. The van der Waals surface area contributed by atoms with Gasteiger partial charge in [0.1, 0.15) is 11.2 Å². The van der Waals surface area contributed by atoms with E-state index in [1.807, 2.05) is 22.7 Å². The second-order valence-electron chi connectivity index (χ2n) is 18.3. The van der Waals surface area contributed by atoms with Crippen molar-refractivity contribution < 1.29 is 4.42 Å². The quantitative estimate of drug-likeness (QED) is 0.159. The van der Waals surface area contributed by atoms with Crippen molar-refractivity contribution in [2.75, 3.05) is 4.90 Å². The summed E-state index contributed by atoms with van der Waals surface area (Å²) in [6.45, 7) is 0. The molecule has 0 atom stereocenters. The third-order valence-corrected chi connectivity index (χ3v) is 16.8. The van der Waals surface area contributed by atoms with Gasteiger partial charge in [-0.05, 0) is 113 Å². The third-order valence-electron chi connectivity index (χ3n) is 14.4. The molecular formula is C66H40N2OS2. The first-order valence-electron chi connectivity index (χ1n) is 24.1. The van der Waals surface area contributed by atoms with Crippen molar-refractivity contribution in [1.82, 2.24) is 4.57 Å². The fourth-order valence-electron chi connectivity index (χ4n) is 11.2. The molecule has 3 nitrogen and oxygen atoms in total. The summed E-state index contributed by atoms with van der Waals surface area (Å²) in [5.74, 6) is 0. The molecule has 0 N–H and O–H groups in total. The van der Waals surface area contributed by atoms with E-state index in [0.717, 1.165) is 55.8 Å². The minimum Gasteiger partial charge on any atom is -0.455 e. The molecular weight excluding hydrogens is 901 g/mol.